The van der Waals surface area contributed by atoms with Crippen LogP contribution in [0, 0.1) is 0 Å². The maximum absolute atomic E-state index is 5.51. The molecular formula is C11H15ClN4O. The first-order chi connectivity index (χ1) is 7.85. The molecule has 1 aromatic heterocycles. The van der Waals surface area contributed by atoms with Crippen molar-refractivity contribution in [1.29, 1.82) is 0 Å². The summed E-state index contributed by atoms with van der Waals surface area (Å²) in [5.41, 5.74) is 7.49. The molecule has 0 amide bonds. The Morgan fingerprint density at radius 2 is 2.00 bits per heavy atom. The summed E-state index contributed by atoms with van der Waals surface area (Å²) in [6.07, 6.45) is 4.10. The second kappa shape index (κ2) is 6.22. The van der Waals surface area contributed by atoms with E-state index in [1.165, 1.54) is 4.80 Å². The minimum absolute atomic E-state index is 0. The molecule has 92 valence electrons. The fourth-order valence-corrected chi connectivity index (χ4v) is 1.55. The Bertz CT molecular complexity index is 458. The van der Waals surface area contributed by atoms with Gasteiger partial charge in [-0.2, -0.15) is 10.2 Å². The lowest BCUT2D eigenvalue weighted by molar-refractivity contribution is 0.409. The topological polar surface area (TPSA) is 66.0 Å². The quantitative estimate of drug-likeness (QED) is 0.890. The number of hydrogen-bond donors (Lipinski definition) is 1. The molecule has 0 saturated carbocycles. The molecule has 1 aromatic carbocycles. The summed E-state index contributed by atoms with van der Waals surface area (Å²) < 4.78 is 5.31. The second-order valence-electron chi connectivity index (χ2n) is 3.36. The van der Waals surface area contributed by atoms with Gasteiger partial charge in [0.1, 0.15) is 11.4 Å². The number of halogens is 1. The Hall–Kier alpha value is -1.59. The Morgan fingerprint density at radius 1 is 1.29 bits per heavy atom. The van der Waals surface area contributed by atoms with Crippen molar-refractivity contribution in [2.45, 2.75) is 6.42 Å². The summed E-state index contributed by atoms with van der Waals surface area (Å²) in [5.74, 6) is 0.752. The number of benzene rings is 1. The summed E-state index contributed by atoms with van der Waals surface area (Å²) in [5, 5.41) is 8.14. The maximum atomic E-state index is 5.51. The lowest BCUT2D eigenvalue weighted by Crippen LogP contribution is -2.05. The van der Waals surface area contributed by atoms with E-state index in [1.54, 1.807) is 19.5 Å². The van der Waals surface area contributed by atoms with E-state index in [1.807, 2.05) is 18.2 Å². The van der Waals surface area contributed by atoms with Crippen molar-refractivity contribution in [2.24, 2.45) is 5.73 Å². The average Bonchev–Trinajstić information content (AvgIpc) is 2.83. The Morgan fingerprint density at radius 3 is 2.59 bits per heavy atom. The lowest BCUT2D eigenvalue weighted by atomic mass is 10.1. The first-order valence-corrected chi connectivity index (χ1v) is 5.09. The molecule has 0 spiro atoms. The van der Waals surface area contributed by atoms with Gasteiger partial charge in [-0.15, -0.1) is 17.2 Å². The highest BCUT2D eigenvalue weighted by molar-refractivity contribution is 5.85. The molecule has 0 bridgehead atoms. The van der Waals surface area contributed by atoms with E-state index >= 15 is 0 Å². The number of ether oxygens (including phenoxy) is 1. The molecule has 0 fully saturated rings. The largest absolute Gasteiger partial charge is 0.494 e. The van der Waals surface area contributed by atoms with E-state index < -0.39 is 0 Å². The van der Waals surface area contributed by atoms with Gasteiger partial charge in [-0.25, -0.2) is 0 Å². The van der Waals surface area contributed by atoms with Gasteiger partial charge >= 0.3 is 0 Å². The van der Waals surface area contributed by atoms with Gasteiger partial charge in [0.05, 0.1) is 19.5 Å². The zero-order valence-corrected chi connectivity index (χ0v) is 10.4. The molecule has 0 saturated heterocycles. The van der Waals surface area contributed by atoms with Crippen molar-refractivity contribution in [2.75, 3.05) is 13.7 Å². The number of rotatable bonds is 4. The molecule has 17 heavy (non-hydrogen) atoms. The monoisotopic (exact) mass is 254 g/mol. The summed E-state index contributed by atoms with van der Waals surface area (Å²) in [7, 11) is 1.63. The van der Waals surface area contributed by atoms with Gasteiger partial charge in [-0.05, 0) is 30.7 Å². The minimum Gasteiger partial charge on any atom is -0.494 e. The zero-order chi connectivity index (χ0) is 11.4. The third-order valence-electron chi connectivity index (χ3n) is 2.31. The van der Waals surface area contributed by atoms with Crippen LogP contribution in [0.1, 0.15) is 5.56 Å². The van der Waals surface area contributed by atoms with E-state index in [4.69, 9.17) is 10.5 Å². The predicted octanol–water partition coefficient (Wildman–Crippen LogP) is 1.20. The van der Waals surface area contributed by atoms with Crippen LogP contribution in [0.3, 0.4) is 0 Å². The summed E-state index contributed by atoms with van der Waals surface area (Å²) in [6.45, 7) is 0.628. The van der Waals surface area contributed by atoms with Crippen LogP contribution in [-0.2, 0) is 6.42 Å². The van der Waals surface area contributed by atoms with Crippen LogP contribution in [0.4, 0.5) is 0 Å². The highest BCUT2D eigenvalue weighted by Crippen LogP contribution is 2.22. The lowest BCUT2D eigenvalue weighted by Gasteiger charge is -2.09. The van der Waals surface area contributed by atoms with Gasteiger partial charge in [-0.1, -0.05) is 6.07 Å². The average molecular weight is 255 g/mol. The standard InChI is InChI=1S/C11H14N4O.ClH/c1-16-11-8-9(4-5-12)2-3-10(11)15-13-6-7-14-15;/h2-3,6-8H,4-5,12H2,1H3;1H. The highest BCUT2D eigenvalue weighted by Gasteiger charge is 2.07. The normalized spacial score (nSPS) is 9.76. The van der Waals surface area contributed by atoms with Gasteiger partial charge in [0.15, 0.2) is 0 Å². The van der Waals surface area contributed by atoms with Crippen molar-refractivity contribution < 1.29 is 4.74 Å². The third-order valence-corrected chi connectivity index (χ3v) is 2.31. The zero-order valence-electron chi connectivity index (χ0n) is 9.54. The Labute approximate surface area is 106 Å². The molecule has 2 aromatic rings. The molecule has 6 heteroatoms. The van der Waals surface area contributed by atoms with E-state index in [2.05, 4.69) is 10.2 Å². The number of aromatic nitrogens is 3. The van der Waals surface area contributed by atoms with Crippen molar-refractivity contribution in [3.05, 3.63) is 36.2 Å². The number of hydrogen-bond acceptors (Lipinski definition) is 4. The maximum Gasteiger partial charge on any atom is 0.146 e. The first kappa shape index (κ1) is 13.5. The van der Waals surface area contributed by atoms with Gasteiger partial charge in [0.2, 0.25) is 0 Å². The van der Waals surface area contributed by atoms with E-state index in [-0.39, 0.29) is 12.4 Å². The van der Waals surface area contributed by atoms with Crippen LogP contribution in [-0.4, -0.2) is 28.6 Å². The molecule has 0 atom stereocenters. The molecular weight excluding hydrogens is 240 g/mol. The first-order valence-electron chi connectivity index (χ1n) is 5.09. The smallest absolute Gasteiger partial charge is 0.146 e. The predicted molar refractivity (Wildman–Crippen MR) is 67.9 cm³/mol. The Balaban J connectivity index is 0.00000144. The van der Waals surface area contributed by atoms with Gasteiger partial charge in [0.25, 0.3) is 0 Å². The van der Waals surface area contributed by atoms with Crippen molar-refractivity contribution in [3.63, 3.8) is 0 Å². The summed E-state index contributed by atoms with van der Waals surface area (Å²) in [6, 6.07) is 5.91. The van der Waals surface area contributed by atoms with Crippen LogP contribution in [0.25, 0.3) is 5.69 Å². The molecule has 1 heterocycles. The number of nitrogens with two attached hydrogens (primary N) is 1. The molecule has 0 radical (unpaired) electrons. The molecule has 2 N–H and O–H groups in total. The fraction of sp³-hybridized carbons (Fsp3) is 0.273. The highest BCUT2D eigenvalue weighted by atomic mass is 35.5. The molecule has 0 aliphatic carbocycles. The number of nitrogens with zero attached hydrogens (tertiary/aromatic N) is 3. The van der Waals surface area contributed by atoms with Crippen molar-refractivity contribution in [3.8, 4) is 11.4 Å². The second-order valence-corrected chi connectivity index (χ2v) is 3.36. The number of methoxy groups -OCH3 is 1. The van der Waals surface area contributed by atoms with Gasteiger partial charge in [0, 0.05) is 0 Å². The van der Waals surface area contributed by atoms with E-state index in [0.29, 0.717) is 6.54 Å². The summed E-state index contributed by atoms with van der Waals surface area (Å²) >= 11 is 0. The van der Waals surface area contributed by atoms with Crippen LogP contribution in [0.5, 0.6) is 5.75 Å². The molecule has 0 unspecified atom stereocenters. The van der Waals surface area contributed by atoms with Crippen LogP contribution in [0.2, 0.25) is 0 Å². The van der Waals surface area contributed by atoms with E-state index in [0.717, 1.165) is 23.4 Å². The summed E-state index contributed by atoms with van der Waals surface area (Å²) in [4.78, 5) is 1.53. The van der Waals surface area contributed by atoms with Crippen molar-refractivity contribution in [1.82, 2.24) is 15.0 Å². The SMILES string of the molecule is COc1cc(CCN)ccc1-n1nccn1.Cl. The molecule has 0 aliphatic heterocycles. The van der Waals surface area contributed by atoms with Crippen LogP contribution in [0.15, 0.2) is 30.6 Å². The van der Waals surface area contributed by atoms with Gasteiger partial charge < -0.3 is 10.5 Å². The molecule has 0 aliphatic rings. The van der Waals surface area contributed by atoms with Gasteiger partial charge in [-0.3, -0.25) is 0 Å². The minimum atomic E-state index is 0. The van der Waals surface area contributed by atoms with Crippen molar-refractivity contribution >= 4 is 12.4 Å². The van der Waals surface area contributed by atoms with Crippen LogP contribution >= 0.6 is 12.4 Å². The third kappa shape index (κ3) is 2.95. The Kier molecular flexibility index (Phi) is 4.93. The van der Waals surface area contributed by atoms with Crippen LogP contribution < -0.4 is 10.5 Å². The molecule has 2 rings (SSSR count). The van der Waals surface area contributed by atoms with E-state index in [9.17, 15) is 0 Å². The molecule has 5 nitrogen and oxygen atoms in total. The fourth-order valence-electron chi connectivity index (χ4n) is 1.55.